The summed E-state index contributed by atoms with van der Waals surface area (Å²) in [6.45, 7) is 0. The second-order valence-corrected chi connectivity index (χ2v) is 2.75. The first-order chi connectivity index (χ1) is 6.42. The molecule has 2 N–H and O–H groups in total. The van der Waals surface area contributed by atoms with E-state index in [0.29, 0.717) is 0 Å². The second kappa shape index (κ2) is 3.45. The average Bonchev–Trinajstić information content (AvgIpc) is 2.76. The Hall–Kier alpha value is -1.55. The van der Waals surface area contributed by atoms with Gasteiger partial charge in [-0.1, -0.05) is 0 Å². The Bertz CT molecular complexity index is 305. The minimum absolute atomic E-state index is 0.0532. The van der Waals surface area contributed by atoms with Gasteiger partial charge in [-0.05, 0) is 25.2 Å². The van der Waals surface area contributed by atoms with Gasteiger partial charge in [0.1, 0.15) is 11.8 Å². The highest BCUT2D eigenvalue weighted by Crippen LogP contribution is 2.19. The molecule has 0 saturated carbocycles. The van der Waals surface area contributed by atoms with Gasteiger partial charge < -0.3 is 9.73 Å². The molecule has 0 bridgehead atoms. The molecule has 0 aliphatic carbocycles. The van der Waals surface area contributed by atoms with E-state index in [-0.39, 0.29) is 6.04 Å². The van der Waals surface area contributed by atoms with E-state index in [1.807, 2.05) is 25.2 Å². The van der Waals surface area contributed by atoms with Crippen LogP contribution in [0.4, 0.5) is 0 Å². The average molecular weight is 177 g/mol. The Balaban J connectivity index is 2.29. The van der Waals surface area contributed by atoms with Gasteiger partial charge in [-0.3, -0.25) is 5.10 Å². The van der Waals surface area contributed by atoms with Crippen LogP contribution in [0.1, 0.15) is 17.5 Å². The van der Waals surface area contributed by atoms with Crippen LogP contribution in [0, 0.1) is 0 Å². The maximum Gasteiger partial charge on any atom is 0.126 e. The van der Waals surface area contributed by atoms with Gasteiger partial charge in [-0.15, -0.1) is 0 Å². The molecule has 2 heterocycles. The third-order valence-electron chi connectivity index (χ3n) is 1.95. The van der Waals surface area contributed by atoms with Crippen molar-refractivity contribution in [3.63, 3.8) is 0 Å². The highest BCUT2D eigenvalue weighted by molar-refractivity contribution is 5.18. The molecule has 4 nitrogen and oxygen atoms in total. The smallest absolute Gasteiger partial charge is 0.126 e. The van der Waals surface area contributed by atoms with E-state index in [4.69, 9.17) is 4.42 Å². The molecule has 68 valence electrons. The van der Waals surface area contributed by atoms with Gasteiger partial charge in [0, 0.05) is 6.20 Å². The lowest BCUT2D eigenvalue weighted by molar-refractivity contribution is 0.458. The van der Waals surface area contributed by atoms with E-state index in [9.17, 15) is 0 Å². The molecule has 0 amide bonds. The maximum atomic E-state index is 5.30. The van der Waals surface area contributed by atoms with Gasteiger partial charge in [0.05, 0.1) is 12.0 Å². The van der Waals surface area contributed by atoms with E-state index < -0.39 is 0 Å². The van der Waals surface area contributed by atoms with Gasteiger partial charge in [0.25, 0.3) is 0 Å². The first kappa shape index (κ1) is 8.07. The summed E-state index contributed by atoms with van der Waals surface area (Å²) >= 11 is 0. The molecule has 1 unspecified atom stereocenters. The van der Waals surface area contributed by atoms with E-state index in [0.717, 1.165) is 11.5 Å². The molecule has 13 heavy (non-hydrogen) atoms. The van der Waals surface area contributed by atoms with Crippen LogP contribution in [0.2, 0.25) is 0 Å². The molecule has 0 aliphatic heterocycles. The predicted octanol–water partition coefficient (Wildman–Crippen LogP) is 1.31. The summed E-state index contributed by atoms with van der Waals surface area (Å²) in [5.74, 6) is 0.881. The Morgan fingerprint density at radius 1 is 1.54 bits per heavy atom. The first-order valence-electron chi connectivity index (χ1n) is 4.12. The zero-order valence-corrected chi connectivity index (χ0v) is 7.32. The molecule has 2 aromatic heterocycles. The fourth-order valence-electron chi connectivity index (χ4n) is 1.33. The van der Waals surface area contributed by atoms with Gasteiger partial charge in [-0.2, -0.15) is 5.10 Å². The summed E-state index contributed by atoms with van der Waals surface area (Å²) in [7, 11) is 1.88. The van der Waals surface area contributed by atoms with E-state index in [1.165, 1.54) is 0 Å². The van der Waals surface area contributed by atoms with Crippen molar-refractivity contribution in [3.8, 4) is 0 Å². The lowest BCUT2D eigenvalue weighted by atomic mass is 10.1. The standard InChI is InChI=1S/C9H11N3O/c1-10-9(7-4-5-11-12-7)8-3-2-6-13-8/h2-6,9-10H,1H3,(H,11,12). The Morgan fingerprint density at radius 3 is 3.00 bits per heavy atom. The molecule has 0 spiro atoms. The molecular weight excluding hydrogens is 166 g/mol. The monoisotopic (exact) mass is 177 g/mol. The van der Waals surface area contributed by atoms with E-state index in [1.54, 1.807) is 12.5 Å². The fourth-order valence-corrected chi connectivity index (χ4v) is 1.33. The molecular formula is C9H11N3O. The highest BCUT2D eigenvalue weighted by atomic mass is 16.3. The summed E-state index contributed by atoms with van der Waals surface area (Å²) in [6, 6.07) is 5.78. The SMILES string of the molecule is CNC(c1ccn[nH]1)c1ccco1. The normalized spacial score (nSPS) is 13.0. The van der Waals surface area contributed by atoms with Crippen molar-refractivity contribution in [2.24, 2.45) is 0 Å². The molecule has 0 aliphatic rings. The second-order valence-electron chi connectivity index (χ2n) is 2.75. The van der Waals surface area contributed by atoms with Crippen LogP contribution in [0.5, 0.6) is 0 Å². The number of nitrogens with zero attached hydrogens (tertiary/aromatic N) is 1. The summed E-state index contributed by atoms with van der Waals surface area (Å²) in [6.07, 6.45) is 3.39. The Kier molecular flexibility index (Phi) is 2.14. The van der Waals surface area contributed by atoms with Gasteiger partial charge in [-0.25, -0.2) is 0 Å². The number of hydrogen-bond donors (Lipinski definition) is 2. The number of aromatic amines is 1. The Labute approximate surface area is 76.0 Å². The zero-order chi connectivity index (χ0) is 9.10. The fraction of sp³-hybridized carbons (Fsp3) is 0.222. The van der Waals surface area contributed by atoms with Gasteiger partial charge in [0.15, 0.2) is 0 Å². The maximum absolute atomic E-state index is 5.30. The molecule has 1 atom stereocenters. The van der Waals surface area contributed by atoms with Crippen LogP contribution in [0.25, 0.3) is 0 Å². The molecule has 2 aromatic rings. The van der Waals surface area contributed by atoms with E-state index in [2.05, 4.69) is 15.5 Å². The zero-order valence-electron chi connectivity index (χ0n) is 7.32. The molecule has 0 aromatic carbocycles. The van der Waals surface area contributed by atoms with E-state index >= 15 is 0 Å². The third-order valence-corrected chi connectivity index (χ3v) is 1.95. The van der Waals surface area contributed by atoms with Crippen LogP contribution in [-0.4, -0.2) is 17.2 Å². The van der Waals surface area contributed by atoms with Crippen molar-refractivity contribution < 1.29 is 4.42 Å². The van der Waals surface area contributed by atoms with Crippen molar-refractivity contribution >= 4 is 0 Å². The van der Waals surface area contributed by atoms with Crippen LogP contribution < -0.4 is 5.32 Å². The lowest BCUT2D eigenvalue weighted by Gasteiger charge is -2.10. The largest absolute Gasteiger partial charge is 0.467 e. The predicted molar refractivity (Wildman–Crippen MR) is 48.2 cm³/mol. The highest BCUT2D eigenvalue weighted by Gasteiger charge is 2.14. The number of rotatable bonds is 3. The van der Waals surface area contributed by atoms with Crippen molar-refractivity contribution in [2.45, 2.75) is 6.04 Å². The minimum atomic E-state index is 0.0532. The number of aromatic nitrogens is 2. The van der Waals surface area contributed by atoms with Gasteiger partial charge in [0.2, 0.25) is 0 Å². The molecule has 0 saturated heterocycles. The topological polar surface area (TPSA) is 53.9 Å². The number of H-pyrrole nitrogens is 1. The molecule has 0 radical (unpaired) electrons. The lowest BCUT2D eigenvalue weighted by Crippen LogP contribution is -2.17. The quantitative estimate of drug-likeness (QED) is 0.743. The summed E-state index contributed by atoms with van der Waals surface area (Å²) in [4.78, 5) is 0. The Morgan fingerprint density at radius 2 is 2.46 bits per heavy atom. The van der Waals surface area contributed by atoms with Crippen molar-refractivity contribution in [2.75, 3.05) is 7.05 Å². The van der Waals surface area contributed by atoms with Crippen molar-refractivity contribution in [1.29, 1.82) is 0 Å². The van der Waals surface area contributed by atoms with Crippen molar-refractivity contribution in [1.82, 2.24) is 15.5 Å². The van der Waals surface area contributed by atoms with Gasteiger partial charge >= 0.3 is 0 Å². The first-order valence-corrected chi connectivity index (χ1v) is 4.12. The summed E-state index contributed by atoms with van der Waals surface area (Å²) < 4.78 is 5.30. The number of furan rings is 1. The number of nitrogens with one attached hydrogen (secondary N) is 2. The molecule has 4 heteroatoms. The van der Waals surface area contributed by atoms with Crippen LogP contribution in [-0.2, 0) is 0 Å². The minimum Gasteiger partial charge on any atom is -0.467 e. The third kappa shape index (κ3) is 1.48. The molecule has 2 rings (SSSR count). The van der Waals surface area contributed by atoms with Crippen LogP contribution in [0.15, 0.2) is 35.1 Å². The van der Waals surface area contributed by atoms with Crippen LogP contribution in [0.3, 0.4) is 0 Å². The summed E-state index contributed by atoms with van der Waals surface area (Å²) in [5, 5.41) is 9.94. The van der Waals surface area contributed by atoms with Crippen molar-refractivity contribution in [3.05, 3.63) is 42.1 Å². The summed E-state index contributed by atoms with van der Waals surface area (Å²) in [5.41, 5.74) is 0.998. The molecule has 0 fully saturated rings. The van der Waals surface area contributed by atoms with Crippen LogP contribution >= 0.6 is 0 Å². The number of hydrogen-bond acceptors (Lipinski definition) is 3.